The Kier molecular flexibility index (Phi) is 3.87. The third kappa shape index (κ3) is 3.10. The van der Waals surface area contributed by atoms with E-state index in [1.165, 1.54) is 0 Å². The van der Waals surface area contributed by atoms with Gasteiger partial charge in [-0.1, -0.05) is 30.3 Å². The molecule has 1 aromatic carbocycles. The maximum Gasteiger partial charge on any atom is 0.237 e. The Morgan fingerprint density at radius 2 is 1.93 bits per heavy atom. The molecular formula is C12H14N2O. The lowest BCUT2D eigenvalue weighted by Crippen LogP contribution is -2.30. The summed E-state index contributed by atoms with van der Waals surface area (Å²) in [5.74, 6) is -0.829. The van der Waals surface area contributed by atoms with Gasteiger partial charge in [-0.3, -0.25) is 4.79 Å². The van der Waals surface area contributed by atoms with Crippen molar-refractivity contribution in [1.82, 2.24) is 5.32 Å². The molecule has 1 amide bonds. The molecule has 0 unspecified atom stereocenters. The van der Waals surface area contributed by atoms with E-state index in [1.54, 1.807) is 6.92 Å². The number of carbonyl (C=O) groups is 1. The van der Waals surface area contributed by atoms with Crippen LogP contribution in [0.1, 0.15) is 25.5 Å². The summed E-state index contributed by atoms with van der Waals surface area (Å²) in [4.78, 5) is 11.4. The Bertz CT molecular complexity index is 367. The normalized spacial score (nSPS) is 13.7. The minimum Gasteiger partial charge on any atom is -0.348 e. The van der Waals surface area contributed by atoms with Crippen LogP contribution in [0.3, 0.4) is 0 Å². The first kappa shape index (κ1) is 11.3. The molecule has 1 N–H and O–H groups in total. The molecule has 3 heteroatoms. The highest BCUT2D eigenvalue weighted by molar-refractivity contribution is 5.80. The van der Waals surface area contributed by atoms with Crippen LogP contribution in [0.25, 0.3) is 0 Å². The smallest absolute Gasteiger partial charge is 0.237 e. The van der Waals surface area contributed by atoms with E-state index in [4.69, 9.17) is 5.26 Å². The molecule has 0 fully saturated rings. The Hall–Kier alpha value is -1.82. The monoisotopic (exact) mass is 202 g/mol. The SMILES string of the molecule is C[C@H](NC(=O)[C@@H](C)C#N)c1ccccc1. The van der Waals surface area contributed by atoms with Crippen molar-refractivity contribution < 1.29 is 4.79 Å². The Morgan fingerprint density at radius 3 is 2.47 bits per heavy atom. The van der Waals surface area contributed by atoms with E-state index >= 15 is 0 Å². The molecule has 1 aromatic rings. The number of nitrogens with one attached hydrogen (secondary N) is 1. The quantitative estimate of drug-likeness (QED) is 0.815. The zero-order valence-electron chi connectivity index (χ0n) is 8.90. The van der Waals surface area contributed by atoms with Crippen LogP contribution in [0.15, 0.2) is 30.3 Å². The standard InChI is InChI=1S/C12H14N2O/c1-9(8-13)12(15)14-10(2)11-6-4-3-5-7-11/h3-7,9-10H,1-2H3,(H,14,15)/t9-,10-/m0/s1. The number of amides is 1. The largest absolute Gasteiger partial charge is 0.348 e. The van der Waals surface area contributed by atoms with Gasteiger partial charge in [-0.25, -0.2) is 0 Å². The van der Waals surface area contributed by atoms with Crippen LogP contribution in [0, 0.1) is 17.2 Å². The van der Waals surface area contributed by atoms with Crippen LogP contribution in [0.5, 0.6) is 0 Å². The summed E-state index contributed by atoms with van der Waals surface area (Å²) in [6.07, 6.45) is 0. The maximum atomic E-state index is 11.4. The van der Waals surface area contributed by atoms with E-state index in [0.717, 1.165) is 5.56 Å². The second-order valence-corrected chi connectivity index (χ2v) is 3.49. The molecule has 1 rings (SSSR count). The number of nitriles is 1. The van der Waals surface area contributed by atoms with E-state index in [0.29, 0.717) is 0 Å². The second-order valence-electron chi connectivity index (χ2n) is 3.49. The Morgan fingerprint density at radius 1 is 1.33 bits per heavy atom. The van der Waals surface area contributed by atoms with Crippen molar-refractivity contribution in [2.24, 2.45) is 5.92 Å². The van der Waals surface area contributed by atoms with Crippen LogP contribution in [-0.2, 0) is 4.79 Å². The molecule has 0 bridgehead atoms. The first-order chi connectivity index (χ1) is 7.15. The third-order valence-corrected chi connectivity index (χ3v) is 2.25. The first-order valence-electron chi connectivity index (χ1n) is 4.90. The van der Waals surface area contributed by atoms with Crippen molar-refractivity contribution in [2.45, 2.75) is 19.9 Å². The molecule has 0 saturated heterocycles. The van der Waals surface area contributed by atoms with Crippen LogP contribution >= 0.6 is 0 Å². The minimum absolute atomic E-state index is 0.0606. The summed E-state index contributed by atoms with van der Waals surface area (Å²) < 4.78 is 0. The van der Waals surface area contributed by atoms with Gasteiger partial charge in [0.2, 0.25) is 5.91 Å². The number of hydrogen-bond acceptors (Lipinski definition) is 2. The summed E-state index contributed by atoms with van der Waals surface area (Å²) in [6, 6.07) is 11.5. The molecule has 0 aliphatic heterocycles. The van der Waals surface area contributed by atoms with Crippen LogP contribution in [0.2, 0.25) is 0 Å². The fraction of sp³-hybridized carbons (Fsp3) is 0.333. The van der Waals surface area contributed by atoms with Gasteiger partial charge in [0.15, 0.2) is 0 Å². The highest BCUT2D eigenvalue weighted by Gasteiger charge is 2.14. The van der Waals surface area contributed by atoms with E-state index < -0.39 is 5.92 Å². The summed E-state index contributed by atoms with van der Waals surface area (Å²) >= 11 is 0. The molecule has 0 aliphatic rings. The molecule has 3 nitrogen and oxygen atoms in total. The zero-order valence-corrected chi connectivity index (χ0v) is 8.90. The average Bonchev–Trinajstić information content (AvgIpc) is 2.29. The average molecular weight is 202 g/mol. The minimum atomic E-state index is -0.601. The van der Waals surface area contributed by atoms with Crippen LogP contribution in [-0.4, -0.2) is 5.91 Å². The third-order valence-electron chi connectivity index (χ3n) is 2.25. The van der Waals surface area contributed by atoms with Crippen molar-refractivity contribution in [2.75, 3.05) is 0 Å². The number of carbonyl (C=O) groups excluding carboxylic acids is 1. The van der Waals surface area contributed by atoms with Gasteiger partial charge in [0.05, 0.1) is 12.1 Å². The number of benzene rings is 1. The molecule has 0 heterocycles. The molecule has 0 saturated carbocycles. The molecule has 78 valence electrons. The van der Waals surface area contributed by atoms with Crippen molar-refractivity contribution in [3.8, 4) is 6.07 Å². The van der Waals surface area contributed by atoms with Gasteiger partial charge >= 0.3 is 0 Å². The van der Waals surface area contributed by atoms with E-state index in [1.807, 2.05) is 43.3 Å². The van der Waals surface area contributed by atoms with E-state index in [2.05, 4.69) is 5.32 Å². The molecule has 0 aromatic heterocycles. The number of nitrogens with zero attached hydrogens (tertiary/aromatic N) is 1. The van der Waals surface area contributed by atoms with Gasteiger partial charge in [-0.05, 0) is 19.4 Å². The highest BCUT2D eigenvalue weighted by atomic mass is 16.1. The second kappa shape index (κ2) is 5.16. The topological polar surface area (TPSA) is 52.9 Å². The van der Waals surface area contributed by atoms with Crippen molar-refractivity contribution in [3.05, 3.63) is 35.9 Å². The van der Waals surface area contributed by atoms with Crippen LogP contribution in [0.4, 0.5) is 0 Å². The van der Waals surface area contributed by atoms with Gasteiger partial charge in [-0.2, -0.15) is 5.26 Å². The maximum absolute atomic E-state index is 11.4. The first-order valence-corrected chi connectivity index (χ1v) is 4.90. The van der Waals surface area contributed by atoms with E-state index in [-0.39, 0.29) is 11.9 Å². The predicted molar refractivity (Wildman–Crippen MR) is 57.8 cm³/mol. The molecular weight excluding hydrogens is 188 g/mol. The predicted octanol–water partition coefficient (Wildman–Crippen LogP) is 2.02. The van der Waals surface area contributed by atoms with Gasteiger partial charge in [0, 0.05) is 0 Å². The fourth-order valence-electron chi connectivity index (χ4n) is 1.22. The van der Waals surface area contributed by atoms with Crippen molar-refractivity contribution in [1.29, 1.82) is 5.26 Å². The Balaban J connectivity index is 2.61. The lowest BCUT2D eigenvalue weighted by atomic mass is 10.1. The lowest BCUT2D eigenvalue weighted by Gasteiger charge is -2.14. The van der Waals surface area contributed by atoms with Gasteiger partial charge in [-0.15, -0.1) is 0 Å². The Labute approximate surface area is 89.7 Å². The van der Waals surface area contributed by atoms with Crippen molar-refractivity contribution >= 4 is 5.91 Å². The van der Waals surface area contributed by atoms with Crippen molar-refractivity contribution in [3.63, 3.8) is 0 Å². The summed E-state index contributed by atoms with van der Waals surface area (Å²) in [5, 5.41) is 11.4. The number of rotatable bonds is 3. The molecule has 0 radical (unpaired) electrons. The molecule has 0 aliphatic carbocycles. The lowest BCUT2D eigenvalue weighted by molar-refractivity contribution is -0.123. The molecule has 15 heavy (non-hydrogen) atoms. The van der Waals surface area contributed by atoms with E-state index in [9.17, 15) is 4.79 Å². The summed E-state index contributed by atoms with van der Waals surface area (Å²) in [6.45, 7) is 3.49. The zero-order chi connectivity index (χ0) is 11.3. The summed E-state index contributed by atoms with van der Waals surface area (Å²) in [7, 11) is 0. The van der Waals surface area contributed by atoms with Gasteiger partial charge < -0.3 is 5.32 Å². The number of hydrogen-bond donors (Lipinski definition) is 1. The highest BCUT2D eigenvalue weighted by Crippen LogP contribution is 2.11. The van der Waals surface area contributed by atoms with Crippen LogP contribution < -0.4 is 5.32 Å². The summed E-state index contributed by atoms with van der Waals surface area (Å²) in [5.41, 5.74) is 1.04. The molecule has 0 spiro atoms. The fourth-order valence-corrected chi connectivity index (χ4v) is 1.22. The van der Waals surface area contributed by atoms with Gasteiger partial charge in [0.25, 0.3) is 0 Å². The molecule has 2 atom stereocenters. The van der Waals surface area contributed by atoms with Gasteiger partial charge in [0.1, 0.15) is 5.92 Å².